The molecular formula is C36H44N4O8. The summed E-state index contributed by atoms with van der Waals surface area (Å²) in [5.41, 5.74) is 25.2. The maximum Gasteiger partial charge on any atom is 0.320 e. The summed E-state index contributed by atoms with van der Waals surface area (Å²) in [6.45, 7) is 0. The average molecular weight is 661 g/mol. The fraction of sp³-hybridized carbons (Fsp3) is 0.222. The lowest BCUT2D eigenvalue weighted by Gasteiger charge is -2.04. The van der Waals surface area contributed by atoms with Crippen molar-refractivity contribution < 1.29 is 39.6 Å². The molecule has 4 aromatic carbocycles. The zero-order chi connectivity index (χ0) is 35.9. The Balaban J connectivity index is 0.000000320. The molecule has 12 heteroatoms. The van der Waals surface area contributed by atoms with Crippen LogP contribution in [0, 0.1) is 0 Å². The predicted molar refractivity (Wildman–Crippen MR) is 183 cm³/mol. The molecule has 48 heavy (non-hydrogen) atoms. The fourth-order valence-corrected chi connectivity index (χ4v) is 3.82. The molecule has 0 saturated carbocycles. The first-order valence-electron chi connectivity index (χ1n) is 14.9. The number of hydrogen-bond donors (Lipinski definition) is 8. The van der Waals surface area contributed by atoms with E-state index in [-0.39, 0.29) is 0 Å². The van der Waals surface area contributed by atoms with Gasteiger partial charge in [0.25, 0.3) is 0 Å². The Kier molecular flexibility index (Phi) is 19.5. The van der Waals surface area contributed by atoms with Gasteiger partial charge in [-0.3, -0.25) is 19.2 Å². The van der Waals surface area contributed by atoms with Crippen molar-refractivity contribution in [2.75, 3.05) is 0 Å². The number of carbonyl (C=O) groups is 4. The molecule has 4 rings (SSSR count). The molecule has 0 spiro atoms. The third-order valence-electron chi connectivity index (χ3n) is 6.46. The van der Waals surface area contributed by atoms with Gasteiger partial charge in [0.05, 0.1) is 0 Å². The van der Waals surface area contributed by atoms with Crippen LogP contribution < -0.4 is 22.9 Å². The lowest BCUT2D eigenvalue weighted by atomic mass is 10.1. The first-order chi connectivity index (χ1) is 22.8. The fourth-order valence-electron chi connectivity index (χ4n) is 3.82. The molecule has 0 aromatic heterocycles. The summed E-state index contributed by atoms with van der Waals surface area (Å²) in [4.78, 5) is 41.5. The zero-order valence-corrected chi connectivity index (χ0v) is 26.4. The van der Waals surface area contributed by atoms with Gasteiger partial charge in [-0.05, 0) is 47.9 Å². The summed E-state index contributed by atoms with van der Waals surface area (Å²) in [6, 6.07) is 34.2. The van der Waals surface area contributed by atoms with Crippen LogP contribution in [0.15, 0.2) is 121 Å². The molecule has 0 heterocycles. The first-order valence-corrected chi connectivity index (χ1v) is 14.9. The molecule has 4 aromatic rings. The van der Waals surface area contributed by atoms with Gasteiger partial charge in [-0.25, -0.2) is 0 Å². The topological polar surface area (TPSA) is 253 Å². The van der Waals surface area contributed by atoms with E-state index in [1.54, 1.807) is 0 Å². The maximum atomic E-state index is 10.4. The van der Waals surface area contributed by atoms with Crippen LogP contribution >= 0.6 is 0 Å². The molecule has 0 amide bonds. The smallest absolute Gasteiger partial charge is 0.320 e. The summed E-state index contributed by atoms with van der Waals surface area (Å²) < 4.78 is 0. The Hall–Kier alpha value is -5.40. The lowest BCUT2D eigenvalue weighted by Crippen LogP contribution is -2.32. The Bertz CT molecular complexity index is 1260. The minimum absolute atomic E-state index is 0.385. The molecule has 0 aliphatic heterocycles. The van der Waals surface area contributed by atoms with Crippen molar-refractivity contribution in [2.45, 2.75) is 49.9 Å². The number of rotatable bonds is 12. The summed E-state index contributed by atoms with van der Waals surface area (Å²) >= 11 is 0. The minimum atomic E-state index is -0.959. The predicted octanol–water partition coefficient (Wildman–Crippen LogP) is 2.56. The van der Waals surface area contributed by atoms with Crippen LogP contribution in [0.5, 0.6) is 0 Å². The molecule has 0 fully saturated rings. The Labute approximate surface area is 279 Å². The number of benzene rings is 4. The largest absolute Gasteiger partial charge is 0.480 e. The number of nitrogens with two attached hydrogens (primary N) is 4. The van der Waals surface area contributed by atoms with Gasteiger partial charge in [0, 0.05) is 0 Å². The highest BCUT2D eigenvalue weighted by molar-refractivity contribution is 5.74. The summed E-state index contributed by atoms with van der Waals surface area (Å²) in [5, 5.41) is 34.1. The molecule has 0 saturated heterocycles. The monoisotopic (exact) mass is 660 g/mol. The van der Waals surface area contributed by atoms with Crippen LogP contribution in [0.2, 0.25) is 0 Å². The third-order valence-corrected chi connectivity index (χ3v) is 6.46. The summed E-state index contributed by atoms with van der Waals surface area (Å²) in [5.74, 6) is -3.84. The molecule has 12 nitrogen and oxygen atoms in total. The summed E-state index contributed by atoms with van der Waals surface area (Å²) in [6.07, 6.45) is 1.54. The highest BCUT2D eigenvalue weighted by atomic mass is 16.4. The molecule has 256 valence electrons. The van der Waals surface area contributed by atoms with Crippen molar-refractivity contribution in [3.8, 4) is 0 Å². The highest BCUT2D eigenvalue weighted by Gasteiger charge is 2.13. The normalized spacial score (nSPS) is 12.4. The van der Waals surface area contributed by atoms with Crippen molar-refractivity contribution >= 4 is 23.9 Å². The minimum Gasteiger partial charge on any atom is -0.480 e. The van der Waals surface area contributed by atoms with Crippen LogP contribution in [-0.4, -0.2) is 68.5 Å². The van der Waals surface area contributed by atoms with E-state index < -0.39 is 48.0 Å². The van der Waals surface area contributed by atoms with Crippen molar-refractivity contribution in [1.82, 2.24) is 0 Å². The van der Waals surface area contributed by atoms with E-state index in [2.05, 4.69) is 0 Å². The van der Waals surface area contributed by atoms with Crippen LogP contribution in [0.3, 0.4) is 0 Å². The van der Waals surface area contributed by atoms with Gasteiger partial charge in [-0.1, -0.05) is 121 Å². The van der Waals surface area contributed by atoms with Gasteiger partial charge in [-0.15, -0.1) is 0 Å². The second kappa shape index (κ2) is 23.0. The molecule has 0 aliphatic carbocycles. The van der Waals surface area contributed by atoms with Crippen molar-refractivity contribution in [3.05, 3.63) is 144 Å². The van der Waals surface area contributed by atoms with Crippen LogP contribution in [-0.2, 0) is 44.9 Å². The van der Waals surface area contributed by atoms with Crippen LogP contribution in [0.25, 0.3) is 0 Å². The number of hydrogen-bond acceptors (Lipinski definition) is 8. The summed E-state index contributed by atoms with van der Waals surface area (Å²) in [7, 11) is 0. The molecular weight excluding hydrogens is 616 g/mol. The quantitative estimate of drug-likeness (QED) is 0.109. The van der Waals surface area contributed by atoms with Crippen molar-refractivity contribution in [2.24, 2.45) is 22.9 Å². The lowest BCUT2D eigenvalue weighted by molar-refractivity contribution is -0.139. The van der Waals surface area contributed by atoms with E-state index in [1.807, 2.05) is 121 Å². The van der Waals surface area contributed by atoms with Crippen LogP contribution in [0.4, 0.5) is 0 Å². The Morgan fingerprint density at radius 2 is 0.500 bits per heavy atom. The van der Waals surface area contributed by atoms with Crippen molar-refractivity contribution in [3.63, 3.8) is 0 Å². The van der Waals surface area contributed by atoms with Crippen LogP contribution in [0.1, 0.15) is 22.3 Å². The molecule has 0 radical (unpaired) electrons. The van der Waals surface area contributed by atoms with Gasteiger partial charge in [-0.2, -0.15) is 0 Å². The second-order valence-electron chi connectivity index (χ2n) is 10.5. The molecule has 0 bridgehead atoms. The van der Waals surface area contributed by atoms with E-state index in [9.17, 15) is 19.2 Å². The highest BCUT2D eigenvalue weighted by Crippen LogP contribution is 2.04. The second-order valence-corrected chi connectivity index (χ2v) is 10.5. The van der Waals surface area contributed by atoms with E-state index >= 15 is 0 Å². The molecule has 4 atom stereocenters. The number of carboxylic acid groups (broad SMARTS) is 4. The van der Waals surface area contributed by atoms with Gasteiger partial charge in [0.15, 0.2) is 0 Å². The van der Waals surface area contributed by atoms with E-state index in [0.717, 1.165) is 22.3 Å². The standard InChI is InChI=1S/4C9H11NO2/c4*10-8(9(11)12)6-7-4-2-1-3-5-7/h4*1-5,8H,6,10H2,(H,11,12). The van der Waals surface area contributed by atoms with E-state index in [4.69, 9.17) is 43.4 Å². The van der Waals surface area contributed by atoms with Gasteiger partial charge >= 0.3 is 23.9 Å². The number of carboxylic acids is 4. The zero-order valence-electron chi connectivity index (χ0n) is 26.4. The van der Waals surface area contributed by atoms with Gasteiger partial charge < -0.3 is 43.4 Å². The SMILES string of the molecule is NC(Cc1ccccc1)C(=O)O.NC(Cc1ccccc1)C(=O)O.NC(Cc1ccccc1)C(=O)O.NC(Cc1ccccc1)C(=O)O. The Morgan fingerprint density at radius 1 is 0.354 bits per heavy atom. The molecule has 4 unspecified atom stereocenters. The van der Waals surface area contributed by atoms with Crippen molar-refractivity contribution in [1.29, 1.82) is 0 Å². The van der Waals surface area contributed by atoms with Gasteiger partial charge in [0.2, 0.25) is 0 Å². The van der Waals surface area contributed by atoms with E-state index in [1.165, 1.54) is 0 Å². The number of aliphatic carboxylic acids is 4. The Morgan fingerprint density at radius 3 is 0.625 bits per heavy atom. The first kappa shape index (κ1) is 40.6. The average Bonchev–Trinajstić information content (AvgIpc) is 3.07. The van der Waals surface area contributed by atoms with E-state index in [0.29, 0.717) is 25.7 Å². The third kappa shape index (κ3) is 18.5. The molecule has 12 N–H and O–H groups in total. The molecule has 0 aliphatic rings. The maximum absolute atomic E-state index is 10.4. The van der Waals surface area contributed by atoms with Gasteiger partial charge in [0.1, 0.15) is 24.2 Å².